The van der Waals surface area contributed by atoms with Crippen LogP contribution in [0.2, 0.25) is 0 Å². The molecular formula is C6H9FN2O3. The first-order valence-electron chi connectivity index (χ1n) is 3.42. The molecule has 1 rings (SSSR count). The van der Waals surface area contributed by atoms with Gasteiger partial charge in [-0.15, -0.1) is 0 Å². The number of rotatable bonds is 1. The molecule has 0 aliphatic carbocycles. The largest absolute Gasteiger partial charge is 0.465 e. The number of carbonyl (C=O) groups is 2. The number of nitrogens with two attached hydrogens (primary N) is 1. The van der Waals surface area contributed by atoms with Crippen molar-refractivity contribution in [3.05, 3.63) is 0 Å². The molecule has 0 aromatic rings. The smallest absolute Gasteiger partial charge is 0.407 e. The fourth-order valence-corrected chi connectivity index (χ4v) is 1.14. The van der Waals surface area contributed by atoms with E-state index in [2.05, 4.69) is 0 Å². The van der Waals surface area contributed by atoms with Crippen molar-refractivity contribution in [3.63, 3.8) is 0 Å². The minimum atomic E-state index is -2.17. The summed E-state index contributed by atoms with van der Waals surface area (Å²) in [6, 6.07) is 0. The Morgan fingerprint density at radius 1 is 1.58 bits per heavy atom. The van der Waals surface area contributed by atoms with Gasteiger partial charge in [-0.2, -0.15) is 0 Å². The summed E-state index contributed by atoms with van der Waals surface area (Å²) in [4.78, 5) is 21.7. The van der Waals surface area contributed by atoms with Crippen LogP contribution in [0.4, 0.5) is 9.18 Å². The minimum absolute atomic E-state index is 0.0226. The van der Waals surface area contributed by atoms with E-state index in [0.717, 1.165) is 4.90 Å². The summed E-state index contributed by atoms with van der Waals surface area (Å²) in [6.45, 7) is -0.424. The molecule has 0 aromatic carbocycles. The zero-order chi connectivity index (χ0) is 9.35. The second kappa shape index (κ2) is 2.62. The molecule has 0 unspecified atom stereocenters. The van der Waals surface area contributed by atoms with E-state index in [-0.39, 0.29) is 13.0 Å². The second-order valence-electron chi connectivity index (χ2n) is 2.78. The molecule has 0 spiro atoms. The van der Waals surface area contributed by atoms with Gasteiger partial charge in [-0.05, 0) is 0 Å². The molecule has 12 heavy (non-hydrogen) atoms. The Labute approximate surface area is 67.9 Å². The maximum absolute atomic E-state index is 13.3. The van der Waals surface area contributed by atoms with Gasteiger partial charge in [0.05, 0.1) is 6.54 Å². The van der Waals surface area contributed by atoms with Crippen LogP contribution < -0.4 is 5.73 Å². The number of hydrogen-bond acceptors (Lipinski definition) is 2. The molecule has 1 saturated heterocycles. The van der Waals surface area contributed by atoms with E-state index >= 15 is 0 Å². The van der Waals surface area contributed by atoms with Gasteiger partial charge in [0.2, 0.25) is 5.67 Å². The van der Waals surface area contributed by atoms with Crippen LogP contribution in [0, 0.1) is 0 Å². The maximum Gasteiger partial charge on any atom is 0.407 e. The fourth-order valence-electron chi connectivity index (χ4n) is 1.14. The number of primary amides is 1. The van der Waals surface area contributed by atoms with E-state index in [1.54, 1.807) is 0 Å². The average molecular weight is 176 g/mol. The third kappa shape index (κ3) is 1.32. The first kappa shape index (κ1) is 8.76. The number of carboxylic acid groups (broad SMARTS) is 1. The molecule has 5 nitrogen and oxygen atoms in total. The Balaban J connectivity index is 2.67. The Morgan fingerprint density at radius 2 is 2.17 bits per heavy atom. The van der Waals surface area contributed by atoms with Crippen molar-refractivity contribution in [1.29, 1.82) is 0 Å². The van der Waals surface area contributed by atoms with Crippen molar-refractivity contribution in [2.24, 2.45) is 5.73 Å². The summed E-state index contributed by atoms with van der Waals surface area (Å²) in [5.74, 6) is -1.09. The summed E-state index contributed by atoms with van der Waals surface area (Å²) in [7, 11) is 0. The van der Waals surface area contributed by atoms with Crippen molar-refractivity contribution in [2.45, 2.75) is 12.1 Å². The SMILES string of the molecule is NC(=O)[C@]1(F)CCN(C(=O)O)C1. The molecular weight excluding hydrogens is 167 g/mol. The minimum Gasteiger partial charge on any atom is -0.465 e. The van der Waals surface area contributed by atoms with Gasteiger partial charge in [0.25, 0.3) is 5.91 Å². The van der Waals surface area contributed by atoms with Crippen molar-refractivity contribution >= 4 is 12.0 Å². The number of hydrogen-bond donors (Lipinski definition) is 2. The first-order valence-corrected chi connectivity index (χ1v) is 3.42. The van der Waals surface area contributed by atoms with Gasteiger partial charge in [-0.25, -0.2) is 9.18 Å². The monoisotopic (exact) mass is 176 g/mol. The Bertz CT molecular complexity index is 233. The molecule has 0 aromatic heterocycles. The van der Waals surface area contributed by atoms with Crippen molar-refractivity contribution in [1.82, 2.24) is 4.90 Å². The van der Waals surface area contributed by atoms with Crippen LogP contribution in [-0.4, -0.2) is 40.8 Å². The third-order valence-electron chi connectivity index (χ3n) is 1.93. The molecule has 1 atom stereocenters. The highest BCUT2D eigenvalue weighted by molar-refractivity contribution is 5.85. The Hall–Kier alpha value is -1.33. The van der Waals surface area contributed by atoms with Crippen LogP contribution in [0.1, 0.15) is 6.42 Å². The van der Waals surface area contributed by atoms with Crippen LogP contribution in [0.5, 0.6) is 0 Å². The predicted octanol–water partition coefficient (Wildman–Crippen LogP) is -0.436. The zero-order valence-corrected chi connectivity index (χ0v) is 6.29. The van der Waals surface area contributed by atoms with Gasteiger partial charge >= 0.3 is 6.09 Å². The van der Waals surface area contributed by atoms with E-state index in [4.69, 9.17) is 10.8 Å². The van der Waals surface area contributed by atoms with E-state index in [1.165, 1.54) is 0 Å². The highest BCUT2D eigenvalue weighted by Gasteiger charge is 2.45. The highest BCUT2D eigenvalue weighted by Crippen LogP contribution is 2.24. The quantitative estimate of drug-likeness (QED) is 0.568. The molecule has 1 aliphatic heterocycles. The average Bonchev–Trinajstić information content (AvgIpc) is 2.33. The third-order valence-corrected chi connectivity index (χ3v) is 1.93. The fraction of sp³-hybridized carbons (Fsp3) is 0.667. The van der Waals surface area contributed by atoms with E-state index in [9.17, 15) is 14.0 Å². The number of likely N-dealkylation sites (tertiary alicyclic amines) is 1. The summed E-state index contributed by atoms with van der Waals surface area (Å²) >= 11 is 0. The lowest BCUT2D eigenvalue weighted by Crippen LogP contribution is -2.42. The molecule has 0 radical (unpaired) electrons. The Kier molecular flexibility index (Phi) is 1.91. The van der Waals surface area contributed by atoms with Gasteiger partial charge < -0.3 is 15.7 Å². The highest BCUT2D eigenvalue weighted by atomic mass is 19.1. The number of alkyl halides is 1. The van der Waals surface area contributed by atoms with Gasteiger partial charge in [-0.3, -0.25) is 4.79 Å². The maximum atomic E-state index is 13.3. The molecule has 1 aliphatic rings. The number of amides is 2. The Morgan fingerprint density at radius 3 is 2.42 bits per heavy atom. The molecule has 1 heterocycles. The second-order valence-corrected chi connectivity index (χ2v) is 2.78. The molecule has 2 amide bonds. The molecule has 0 saturated carbocycles. The van der Waals surface area contributed by atoms with Crippen LogP contribution in [0.3, 0.4) is 0 Å². The molecule has 6 heteroatoms. The van der Waals surface area contributed by atoms with Gasteiger partial charge in [-0.1, -0.05) is 0 Å². The lowest BCUT2D eigenvalue weighted by atomic mass is 10.1. The lowest BCUT2D eigenvalue weighted by molar-refractivity contribution is -0.128. The van der Waals surface area contributed by atoms with Crippen LogP contribution in [0.15, 0.2) is 0 Å². The van der Waals surface area contributed by atoms with Gasteiger partial charge in [0, 0.05) is 13.0 Å². The normalized spacial score (nSPS) is 28.9. The summed E-state index contributed by atoms with van der Waals surface area (Å²) in [5.41, 5.74) is 2.59. The van der Waals surface area contributed by atoms with E-state index in [0.29, 0.717) is 0 Å². The van der Waals surface area contributed by atoms with E-state index in [1.807, 2.05) is 0 Å². The van der Waals surface area contributed by atoms with Gasteiger partial charge in [0.1, 0.15) is 0 Å². The first-order chi connectivity index (χ1) is 5.46. The molecule has 1 fully saturated rings. The van der Waals surface area contributed by atoms with Crippen molar-refractivity contribution in [2.75, 3.05) is 13.1 Å². The van der Waals surface area contributed by atoms with Crippen LogP contribution >= 0.6 is 0 Å². The van der Waals surface area contributed by atoms with E-state index < -0.39 is 24.2 Å². The summed E-state index contributed by atoms with van der Waals surface area (Å²) in [5, 5.41) is 8.43. The van der Waals surface area contributed by atoms with Gasteiger partial charge in [0.15, 0.2) is 0 Å². The lowest BCUT2D eigenvalue weighted by Gasteiger charge is -2.14. The van der Waals surface area contributed by atoms with Crippen molar-refractivity contribution < 1.29 is 19.1 Å². The molecule has 0 bridgehead atoms. The van der Waals surface area contributed by atoms with Crippen molar-refractivity contribution in [3.8, 4) is 0 Å². The zero-order valence-electron chi connectivity index (χ0n) is 6.29. The summed E-state index contributed by atoms with van der Waals surface area (Å²) < 4.78 is 13.3. The summed E-state index contributed by atoms with van der Waals surface area (Å²) in [6.07, 6.45) is -1.37. The number of halogens is 1. The molecule has 68 valence electrons. The number of nitrogens with zero attached hydrogens (tertiary/aromatic N) is 1. The van der Waals surface area contributed by atoms with Crippen LogP contribution in [-0.2, 0) is 4.79 Å². The van der Waals surface area contributed by atoms with Crippen LogP contribution in [0.25, 0.3) is 0 Å². The predicted molar refractivity (Wildman–Crippen MR) is 37.2 cm³/mol. The number of carbonyl (C=O) groups excluding carboxylic acids is 1. The standard InChI is InChI=1S/C6H9FN2O3/c7-6(4(8)10)1-2-9(3-6)5(11)12/h1-3H2,(H2,8,10)(H,11,12)/t6-/m0/s1. The topological polar surface area (TPSA) is 83.6 Å². The molecule has 3 N–H and O–H groups in total.